The summed E-state index contributed by atoms with van der Waals surface area (Å²) in [5.41, 5.74) is 11.6. The Kier molecular flexibility index (Phi) is 7.34. The highest BCUT2D eigenvalue weighted by atomic mass is 16.3. The van der Waals surface area contributed by atoms with Gasteiger partial charge in [-0.05, 0) is 75.9 Å². The van der Waals surface area contributed by atoms with Crippen LogP contribution in [0.15, 0.2) is 120 Å². The van der Waals surface area contributed by atoms with Crippen molar-refractivity contribution < 1.29 is 4.42 Å². The van der Waals surface area contributed by atoms with Crippen LogP contribution in [0.3, 0.4) is 0 Å². The van der Waals surface area contributed by atoms with Gasteiger partial charge in [-0.2, -0.15) is 0 Å². The molecule has 0 saturated heterocycles. The van der Waals surface area contributed by atoms with E-state index in [1.54, 1.807) is 0 Å². The minimum Gasteiger partial charge on any atom is -0.455 e. The van der Waals surface area contributed by atoms with Crippen molar-refractivity contribution in [1.82, 2.24) is 19.5 Å². The average molecular weight is 679 g/mol. The topological polar surface area (TPSA) is 56.7 Å². The lowest BCUT2D eigenvalue weighted by atomic mass is 9.88. The molecule has 0 aliphatic rings. The van der Waals surface area contributed by atoms with Crippen molar-refractivity contribution in [3.8, 4) is 28.2 Å². The summed E-state index contributed by atoms with van der Waals surface area (Å²) in [6.07, 6.45) is 1.92. The average Bonchev–Trinajstić information content (AvgIpc) is 3.73. The molecule has 0 atom stereocenters. The highest BCUT2D eigenvalue weighted by molar-refractivity contribution is 6.17. The number of aromatic nitrogens is 4. The summed E-state index contributed by atoms with van der Waals surface area (Å²) >= 11 is 0. The maximum absolute atomic E-state index is 6.95. The van der Waals surface area contributed by atoms with Crippen LogP contribution in [-0.2, 0) is 5.41 Å². The van der Waals surface area contributed by atoms with Crippen LogP contribution in [0.1, 0.15) is 77.3 Å². The number of hydrogen-bond donors (Lipinski definition) is 0. The number of nitrogens with zero attached hydrogens (tertiary/aromatic N) is 4. The van der Waals surface area contributed by atoms with Crippen LogP contribution >= 0.6 is 0 Å². The summed E-state index contributed by atoms with van der Waals surface area (Å²) in [6.45, 7) is 15.6. The summed E-state index contributed by atoms with van der Waals surface area (Å²) in [5, 5.41) is 5.36. The fourth-order valence-electron chi connectivity index (χ4n) is 7.75. The largest absolute Gasteiger partial charge is 0.455 e. The van der Waals surface area contributed by atoms with Gasteiger partial charge in [0, 0.05) is 27.8 Å². The molecule has 0 unspecified atom stereocenters. The predicted molar refractivity (Wildman–Crippen MR) is 217 cm³/mol. The molecule has 0 aliphatic carbocycles. The molecule has 0 N–H and O–H groups in total. The van der Waals surface area contributed by atoms with Gasteiger partial charge in [0.15, 0.2) is 0 Å². The molecule has 52 heavy (non-hydrogen) atoms. The van der Waals surface area contributed by atoms with E-state index < -0.39 is 0 Å². The van der Waals surface area contributed by atoms with Gasteiger partial charge in [0.25, 0.3) is 0 Å². The zero-order valence-corrected chi connectivity index (χ0v) is 30.8. The van der Waals surface area contributed by atoms with Crippen molar-refractivity contribution in [2.24, 2.45) is 0 Å². The second kappa shape index (κ2) is 11.9. The lowest BCUT2D eigenvalue weighted by molar-refractivity contribution is 0.548. The number of fused-ring (bicyclic) bond motifs is 8. The van der Waals surface area contributed by atoms with Crippen LogP contribution in [0.2, 0.25) is 0 Å². The quantitative estimate of drug-likeness (QED) is 0.182. The van der Waals surface area contributed by atoms with Gasteiger partial charge < -0.3 is 4.42 Å². The Morgan fingerprint density at radius 1 is 0.596 bits per heavy atom. The van der Waals surface area contributed by atoms with Crippen LogP contribution in [0.4, 0.5) is 0 Å². The predicted octanol–water partition coefficient (Wildman–Crippen LogP) is 12.9. The third kappa shape index (κ3) is 5.02. The van der Waals surface area contributed by atoms with Gasteiger partial charge >= 0.3 is 0 Å². The summed E-state index contributed by atoms with van der Waals surface area (Å²) < 4.78 is 9.39. The van der Waals surface area contributed by atoms with Crippen LogP contribution in [0, 0.1) is 0 Å². The van der Waals surface area contributed by atoms with Gasteiger partial charge in [-0.15, -0.1) is 0 Å². The first-order valence-corrected chi connectivity index (χ1v) is 18.3. The van der Waals surface area contributed by atoms with Gasteiger partial charge in [0.1, 0.15) is 22.8 Å². The van der Waals surface area contributed by atoms with Gasteiger partial charge in [0.2, 0.25) is 0 Å². The second-order valence-electron chi connectivity index (χ2n) is 15.7. The smallest absolute Gasteiger partial charge is 0.149 e. The van der Waals surface area contributed by atoms with E-state index in [2.05, 4.69) is 162 Å². The van der Waals surface area contributed by atoms with Gasteiger partial charge in [-0.25, -0.2) is 15.0 Å². The maximum atomic E-state index is 6.95. The summed E-state index contributed by atoms with van der Waals surface area (Å²) in [5.74, 6) is 2.19. The van der Waals surface area contributed by atoms with Crippen molar-refractivity contribution in [2.45, 2.75) is 65.7 Å². The Balaban J connectivity index is 1.40. The summed E-state index contributed by atoms with van der Waals surface area (Å²) in [4.78, 5) is 15.2. The maximum Gasteiger partial charge on any atom is 0.149 e. The fraction of sp³-hybridized carbons (Fsp3) is 0.213. The van der Waals surface area contributed by atoms with Crippen molar-refractivity contribution in [3.63, 3.8) is 0 Å². The molecule has 3 aromatic heterocycles. The van der Waals surface area contributed by atoms with E-state index >= 15 is 0 Å². The lowest BCUT2D eigenvalue weighted by Crippen LogP contribution is -2.15. The minimum atomic E-state index is -0.156. The van der Waals surface area contributed by atoms with Crippen LogP contribution in [-0.4, -0.2) is 19.5 Å². The highest BCUT2D eigenvalue weighted by Gasteiger charge is 2.27. The molecule has 5 nitrogen and oxygen atoms in total. The molecule has 3 heterocycles. The van der Waals surface area contributed by atoms with Crippen molar-refractivity contribution >= 4 is 54.6 Å². The number of rotatable bonds is 5. The molecule has 9 aromatic rings. The first-order valence-electron chi connectivity index (χ1n) is 18.3. The van der Waals surface area contributed by atoms with Crippen molar-refractivity contribution in [2.75, 3.05) is 0 Å². The number of para-hydroxylation sites is 1. The molecular formula is C47H42N4O. The van der Waals surface area contributed by atoms with E-state index in [9.17, 15) is 0 Å². The molecule has 9 rings (SSSR count). The Hall–Kier alpha value is -5.81. The monoisotopic (exact) mass is 678 g/mol. The second-order valence-corrected chi connectivity index (χ2v) is 15.7. The molecule has 0 bridgehead atoms. The standard InChI is InChI=1S/C47H42N4O/c1-27(2)36-24-31(29-14-9-8-10-15-29)25-37(28(3)4)41(36)51-42-32-17-12-11-16-30(32)20-22-40(42)49-45(51)35-19-13-18-33-34-21-23-39-38(44(34)52-43(33)35)26-48-46(50-39)47(5,6)7/h8-28H,1-7H3. The summed E-state index contributed by atoms with van der Waals surface area (Å²) in [7, 11) is 0. The third-order valence-electron chi connectivity index (χ3n) is 10.4. The Labute approximate surface area is 304 Å². The van der Waals surface area contributed by atoms with E-state index in [-0.39, 0.29) is 17.3 Å². The Morgan fingerprint density at radius 3 is 2.00 bits per heavy atom. The molecule has 0 fully saturated rings. The molecule has 0 amide bonds. The molecular weight excluding hydrogens is 637 g/mol. The normalized spacial score (nSPS) is 12.5. The number of furan rings is 1. The van der Waals surface area contributed by atoms with Crippen molar-refractivity contribution in [3.05, 3.63) is 132 Å². The van der Waals surface area contributed by atoms with E-state index in [4.69, 9.17) is 19.4 Å². The fourth-order valence-corrected chi connectivity index (χ4v) is 7.75. The van der Waals surface area contributed by atoms with E-state index in [1.807, 2.05) is 6.20 Å². The first kappa shape index (κ1) is 32.1. The lowest BCUT2D eigenvalue weighted by Gasteiger charge is -2.24. The van der Waals surface area contributed by atoms with E-state index in [0.717, 1.165) is 61.1 Å². The zero-order valence-electron chi connectivity index (χ0n) is 30.8. The third-order valence-corrected chi connectivity index (χ3v) is 10.4. The molecule has 5 heteroatoms. The van der Waals surface area contributed by atoms with Crippen LogP contribution in [0.25, 0.3) is 82.8 Å². The zero-order chi connectivity index (χ0) is 35.9. The van der Waals surface area contributed by atoms with Crippen LogP contribution in [0.5, 0.6) is 0 Å². The summed E-state index contributed by atoms with van der Waals surface area (Å²) in [6, 6.07) is 39.2. The SMILES string of the molecule is CC(C)c1cc(-c2ccccc2)cc(C(C)C)c1-n1c(-c2cccc3c2oc2c4cnc(C(C)(C)C)nc4ccc32)nc2ccc3ccccc3c21. The Bertz CT molecular complexity index is 2800. The number of hydrogen-bond acceptors (Lipinski definition) is 4. The van der Waals surface area contributed by atoms with Crippen LogP contribution < -0.4 is 0 Å². The highest BCUT2D eigenvalue weighted by Crippen LogP contribution is 2.44. The molecule has 0 spiro atoms. The molecule has 0 saturated carbocycles. The van der Waals surface area contributed by atoms with Gasteiger partial charge in [-0.1, -0.05) is 121 Å². The van der Waals surface area contributed by atoms with Crippen molar-refractivity contribution in [1.29, 1.82) is 0 Å². The van der Waals surface area contributed by atoms with E-state index in [1.165, 1.54) is 38.7 Å². The molecule has 0 radical (unpaired) electrons. The number of benzene rings is 6. The molecule has 6 aromatic carbocycles. The molecule has 0 aliphatic heterocycles. The number of imidazole rings is 1. The Morgan fingerprint density at radius 2 is 1.27 bits per heavy atom. The van der Waals surface area contributed by atoms with Gasteiger partial charge in [0.05, 0.1) is 33.2 Å². The molecule has 256 valence electrons. The van der Waals surface area contributed by atoms with E-state index in [0.29, 0.717) is 0 Å². The first-order chi connectivity index (χ1) is 25.1. The van der Waals surface area contributed by atoms with Gasteiger partial charge in [-0.3, -0.25) is 4.57 Å². The minimum absolute atomic E-state index is 0.156.